The van der Waals surface area contributed by atoms with Crippen LogP contribution in [-0.2, 0) is 9.59 Å². The maximum absolute atomic E-state index is 12.7. The Morgan fingerprint density at radius 3 is 2.23 bits per heavy atom. The van der Waals surface area contributed by atoms with Crippen LogP contribution in [0.25, 0.3) is 0 Å². The Morgan fingerprint density at radius 2 is 1.59 bits per heavy atom. The van der Waals surface area contributed by atoms with Crippen molar-refractivity contribution in [2.75, 3.05) is 32.7 Å². The van der Waals surface area contributed by atoms with Gasteiger partial charge in [0.25, 0.3) is 0 Å². The van der Waals surface area contributed by atoms with Crippen LogP contribution in [0.2, 0.25) is 0 Å². The first-order valence-corrected chi connectivity index (χ1v) is 8.03. The lowest BCUT2D eigenvalue weighted by Gasteiger charge is -2.31. The molecule has 1 saturated heterocycles. The van der Waals surface area contributed by atoms with E-state index in [9.17, 15) is 14.4 Å². The summed E-state index contributed by atoms with van der Waals surface area (Å²) in [5.74, 6) is 0.0785. The van der Waals surface area contributed by atoms with Gasteiger partial charge in [0.15, 0.2) is 0 Å². The normalized spacial score (nSPS) is 21.3. The molecule has 0 spiro atoms. The Hall–Kier alpha value is -1.79. The second kappa shape index (κ2) is 6.98. The van der Waals surface area contributed by atoms with Crippen molar-refractivity contribution in [3.63, 3.8) is 0 Å². The van der Waals surface area contributed by atoms with Gasteiger partial charge in [0.05, 0.1) is 6.54 Å². The van der Waals surface area contributed by atoms with E-state index in [4.69, 9.17) is 5.73 Å². The Labute approximate surface area is 131 Å². The third-order valence-electron chi connectivity index (χ3n) is 4.77. The topological polar surface area (TPSA) is 95.7 Å². The number of nitrogens with one attached hydrogen (secondary N) is 1. The molecule has 0 unspecified atom stereocenters. The fraction of sp³-hybridized carbons (Fsp3) is 0.800. The molecule has 7 nitrogen and oxygen atoms in total. The Balaban J connectivity index is 1.88. The van der Waals surface area contributed by atoms with E-state index in [1.807, 2.05) is 4.90 Å². The summed E-state index contributed by atoms with van der Waals surface area (Å²) in [6, 6.07) is -0.700. The Bertz CT molecular complexity index is 446. The second-order valence-electron chi connectivity index (χ2n) is 6.51. The summed E-state index contributed by atoms with van der Waals surface area (Å²) in [5.41, 5.74) is 4.76. The largest absolute Gasteiger partial charge is 0.352 e. The highest BCUT2D eigenvalue weighted by Crippen LogP contribution is 2.39. The van der Waals surface area contributed by atoms with E-state index in [0.29, 0.717) is 26.2 Å². The molecule has 2 aliphatic rings. The van der Waals surface area contributed by atoms with Gasteiger partial charge in [-0.3, -0.25) is 9.59 Å². The molecular formula is C15H26N4O3. The van der Waals surface area contributed by atoms with Crippen molar-refractivity contribution in [3.05, 3.63) is 0 Å². The zero-order valence-electron chi connectivity index (χ0n) is 13.3. The summed E-state index contributed by atoms with van der Waals surface area (Å²) in [7, 11) is 0. The van der Waals surface area contributed by atoms with Crippen molar-refractivity contribution in [3.8, 4) is 0 Å². The molecule has 2 rings (SSSR count). The van der Waals surface area contributed by atoms with Crippen LogP contribution in [0, 0.1) is 5.41 Å². The second-order valence-corrected chi connectivity index (χ2v) is 6.51. The summed E-state index contributed by atoms with van der Waals surface area (Å²) in [4.78, 5) is 39.0. The smallest absolute Gasteiger partial charge is 0.312 e. The lowest BCUT2D eigenvalue weighted by molar-refractivity contribution is -0.141. The van der Waals surface area contributed by atoms with Crippen molar-refractivity contribution < 1.29 is 14.4 Å². The van der Waals surface area contributed by atoms with Gasteiger partial charge in [-0.15, -0.1) is 0 Å². The number of amides is 4. The van der Waals surface area contributed by atoms with Gasteiger partial charge in [0, 0.05) is 31.6 Å². The molecule has 1 saturated carbocycles. The molecule has 3 N–H and O–H groups in total. The van der Waals surface area contributed by atoms with E-state index in [-0.39, 0.29) is 23.8 Å². The summed E-state index contributed by atoms with van der Waals surface area (Å²) < 4.78 is 0. The van der Waals surface area contributed by atoms with E-state index in [1.165, 1.54) is 0 Å². The summed E-state index contributed by atoms with van der Waals surface area (Å²) >= 11 is 0. The average molecular weight is 310 g/mol. The average Bonchev–Trinajstić information content (AvgIpc) is 2.79. The molecule has 2 fully saturated rings. The van der Waals surface area contributed by atoms with Crippen molar-refractivity contribution in [2.45, 2.75) is 39.0 Å². The minimum atomic E-state index is -0.700. The van der Waals surface area contributed by atoms with Crippen LogP contribution in [0.3, 0.4) is 0 Å². The van der Waals surface area contributed by atoms with Gasteiger partial charge >= 0.3 is 6.03 Å². The van der Waals surface area contributed by atoms with E-state index in [1.54, 1.807) is 4.90 Å². The number of nitrogens with zero attached hydrogens (tertiary/aromatic N) is 2. The van der Waals surface area contributed by atoms with Crippen molar-refractivity contribution >= 4 is 17.8 Å². The molecule has 0 atom stereocenters. The van der Waals surface area contributed by atoms with Gasteiger partial charge in [0.2, 0.25) is 11.8 Å². The zero-order chi connectivity index (χ0) is 16.2. The number of hydrogen-bond donors (Lipinski definition) is 2. The van der Waals surface area contributed by atoms with Gasteiger partial charge in [-0.1, -0.05) is 19.8 Å². The van der Waals surface area contributed by atoms with Crippen molar-refractivity contribution in [1.29, 1.82) is 0 Å². The number of hydrogen-bond acceptors (Lipinski definition) is 3. The number of carbonyl (C=O) groups excluding carboxylic acids is 3. The highest BCUT2D eigenvalue weighted by molar-refractivity contribution is 5.84. The van der Waals surface area contributed by atoms with Gasteiger partial charge < -0.3 is 20.9 Å². The zero-order valence-corrected chi connectivity index (χ0v) is 13.3. The van der Waals surface area contributed by atoms with Crippen LogP contribution in [0.15, 0.2) is 0 Å². The molecule has 0 aromatic heterocycles. The highest BCUT2D eigenvalue weighted by Gasteiger charge is 2.39. The fourth-order valence-electron chi connectivity index (χ4n) is 3.40. The monoisotopic (exact) mass is 310 g/mol. The van der Waals surface area contributed by atoms with E-state index >= 15 is 0 Å². The van der Waals surface area contributed by atoms with Gasteiger partial charge in [-0.05, 0) is 19.3 Å². The van der Waals surface area contributed by atoms with Crippen molar-refractivity contribution in [2.24, 2.45) is 11.1 Å². The van der Waals surface area contributed by atoms with Crippen LogP contribution in [-0.4, -0.2) is 60.4 Å². The van der Waals surface area contributed by atoms with E-state index in [0.717, 1.165) is 32.1 Å². The van der Waals surface area contributed by atoms with Crippen molar-refractivity contribution in [1.82, 2.24) is 15.1 Å². The Kier molecular flexibility index (Phi) is 5.26. The number of carbonyl (C=O) groups is 3. The predicted octanol–water partition coefficient (Wildman–Crippen LogP) is 0.296. The van der Waals surface area contributed by atoms with Crippen LogP contribution >= 0.6 is 0 Å². The summed E-state index contributed by atoms with van der Waals surface area (Å²) in [6.07, 6.45) is 4.95. The third-order valence-corrected chi connectivity index (χ3v) is 4.77. The van der Waals surface area contributed by atoms with Gasteiger partial charge in [-0.25, -0.2) is 4.79 Å². The van der Waals surface area contributed by atoms with Gasteiger partial charge in [-0.2, -0.15) is 0 Å². The first-order chi connectivity index (χ1) is 10.4. The Morgan fingerprint density at radius 1 is 1.00 bits per heavy atom. The molecule has 1 aliphatic heterocycles. The first kappa shape index (κ1) is 16.6. The van der Waals surface area contributed by atoms with Gasteiger partial charge in [0.1, 0.15) is 0 Å². The number of urea groups is 1. The number of primary amides is 1. The summed E-state index contributed by atoms with van der Waals surface area (Å²) in [6.45, 7) is 4.37. The van der Waals surface area contributed by atoms with Crippen LogP contribution in [0.4, 0.5) is 4.79 Å². The molecule has 124 valence electrons. The molecule has 0 aromatic carbocycles. The van der Waals surface area contributed by atoms with Crippen LogP contribution < -0.4 is 11.1 Å². The summed E-state index contributed by atoms with van der Waals surface area (Å²) in [5, 5.41) is 2.31. The fourth-order valence-corrected chi connectivity index (χ4v) is 3.40. The van der Waals surface area contributed by atoms with Crippen LogP contribution in [0.1, 0.15) is 39.0 Å². The minimum absolute atomic E-state index is 0.0823. The number of nitrogens with two attached hydrogens (primary N) is 1. The molecule has 1 heterocycles. The standard InChI is InChI=1S/C15H26N4O3/c1-15(5-2-3-6-15)13(21)19-8-4-7-18(9-10-19)12(20)11-17-14(16)22/h2-11H2,1H3,(H3,16,17,22). The SMILES string of the molecule is CC1(C(=O)N2CCCN(C(=O)CNC(N)=O)CC2)CCCC1. The van der Waals surface area contributed by atoms with Crippen LogP contribution in [0.5, 0.6) is 0 Å². The maximum atomic E-state index is 12.7. The lowest BCUT2D eigenvalue weighted by Crippen LogP contribution is -2.45. The van der Waals surface area contributed by atoms with E-state index in [2.05, 4.69) is 12.2 Å². The third kappa shape index (κ3) is 3.90. The molecule has 4 amide bonds. The predicted molar refractivity (Wildman–Crippen MR) is 81.9 cm³/mol. The molecule has 0 bridgehead atoms. The maximum Gasteiger partial charge on any atom is 0.312 e. The first-order valence-electron chi connectivity index (χ1n) is 8.03. The molecule has 1 aliphatic carbocycles. The quantitative estimate of drug-likeness (QED) is 0.784. The lowest BCUT2D eigenvalue weighted by atomic mass is 9.87. The number of rotatable bonds is 3. The van der Waals surface area contributed by atoms with E-state index < -0.39 is 6.03 Å². The highest BCUT2D eigenvalue weighted by atomic mass is 16.2. The molecule has 0 radical (unpaired) electrons. The molecular weight excluding hydrogens is 284 g/mol. The molecule has 22 heavy (non-hydrogen) atoms. The minimum Gasteiger partial charge on any atom is -0.352 e. The molecule has 7 heteroatoms. The molecule has 0 aromatic rings.